The predicted molar refractivity (Wildman–Crippen MR) is 108 cm³/mol. The molecule has 27 heavy (non-hydrogen) atoms. The molecule has 1 amide bonds. The number of fused-ring (bicyclic) bond motifs is 1. The summed E-state index contributed by atoms with van der Waals surface area (Å²) in [6.45, 7) is 2.07. The second-order valence-corrected chi connectivity index (χ2v) is 7.79. The van der Waals surface area contributed by atoms with Gasteiger partial charge < -0.3 is 10.2 Å². The lowest BCUT2D eigenvalue weighted by molar-refractivity contribution is 0.0943. The number of nitrogens with zero attached hydrogens (tertiary/aromatic N) is 2. The van der Waals surface area contributed by atoms with Crippen LogP contribution in [-0.4, -0.2) is 30.0 Å². The molecule has 3 aromatic rings. The van der Waals surface area contributed by atoms with E-state index in [2.05, 4.69) is 39.5 Å². The van der Waals surface area contributed by atoms with E-state index in [0.717, 1.165) is 43.4 Å². The van der Waals surface area contributed by atoms with Crippen LogP contribution in [0.1, 0.15) is 29.6 Å². The topological polar surface area (TPSA) is 45.2 Å². The zero-order valence-corrected chi connectivity index (χ0v) is 15.3. The minimum absolute atomic E-state index is 0.0556. The minimum atomic E-state index is 0.0556. The van der Waals surface area contributed by atoms with Gasteiger partial charge in [-0.25, -0.2) is 0 Å². The molecule has 2 aromatic carbocycles. The van der Waals surface area contributed by atoms with Gasteiger partial charge in [-0.3, -0.25) is 9.78 Å². The third-order valence-electron chi connectivity index (χ3n) is 6.26. The van der Waals surface area contributed by atoms with Gasteiger partial charge in [-0.2, -0.15) is 0 Å². The van der Waals surface area contributed by atoms with Crippen LogP contribution < -0.4 is 10.2 Å². The third kappa shape index (κ3) is 2.95. The van der Waals surface area contributed by atoms with E-state index in [0.29, 0.717) is 11.5 Å². The zero-order valence-electron chi connectivity index (χ0n) is 15.3. The van der Waals surface area contributed by atoms with Crippen molar-refractivity contribution in [2.24, 2.45) is 5.41 Å². The summed E-state index contributed by atoms with van der Waals surface area (Å²) in [6, 6.07) is 20.3. The molecule has 2 heterocycles. The smallest absolute Gasteiger partial charge is 0.251 e. The van der Waals surface area contributed by atoms with Gasteiger partial charge in [-0.1, -0.05) is 36.4 Å². The molecule has 1 saturated heterocycles. The lowest BCUT2D eigenvalue weighted by Crippen LogP contribution is -2.38. The van der Waals surface area contributed by atoms with Gasteiger partial charge in [0.25, 0.3) is 5.91 Å². The number of benzene rings is 2. The van der Waals surface area contributed by atoms with Gasteiger partial charge in [-0.15, -0.1) is 0 Å². The molecule has 1 saturated carbocycles. The molecule has 1 spiro atoms. The van der Waals surface area contributed by atoms with E-state index in [1.54, 1.807) is 0 Å². The Labute approximate surface area is 159 Å². The van der Waals surface area contributed by atoms with Gasteiger partial charge in [0.1, 0.15) is 0 Å². The largest absolute Gasteiger partial charge is 0.371 e. The van der Waals surface area contributed by atoms with Gasteiger partial charge in [0.15, 0.2) is 0 Å². The van der Waals surface area contributed by atoms with Crippen LogP contribution in [0.2, 0.25) is 0 Å². The summed E-state index contributed by atoms with van der Waals surface area (Å²) in [7, 11) is 0. The number of para-hydroxylation sites is 1. The van der Waals surface area contributed by atoms with Crippen LogP contribution in [-0.2, 0) is 0 Å². The molecule has 5 rings (SSSR count). The molecular formula is C23H23N3O. The Hall–Kier alpha value is -2.88. The van der Waals surface area contributed by atoms with Crippen LogP contribution >= 0.6 is 0 Å². The fourth-order valence-electron chi connectivity index (χ4n) is 4.48. The number of carbonyl (C=O) groups excluding carboxylic acids is 1. The Morgan fingerprint density at radius 2 is 1.74 bits per heavy atom. The second-order valence-electron chi connectivity index (χ2n) is 7.79. The van der Waals surface area contributed by atoms with E-state index in [1.165, 1.54) is 11.1 Å². The van der Waals surface area contributed by atoms with Crippen molar-refractivity contribution in [3.63, 3.8) is 0 Å². The van der Waals surface area contributed by atoms with Gasteiger partial charge in [-0.05, 0) is 48.9 Å². The molecular weight excluding hydrogens is 334 g/mol. The number of hydrogen-bond donors (Lipinski definition) is 1. The summed E-state index contributed by atoms with van der Waals surface area (Å²) in [4.78, 5) is 19.4. The maximum Gasteiger partial charge on any atom is 0.251 e. The Morgan fingerprint density at radius 1 is 1.00 bits per heavy atom. The second kappa shape index (κ2) is 6.38. The maximum atomic E-state index is 12.4. The molecule has 4 heteroatoms. The molecule has 1 N–H and O–H groups in total. The highest BCUT2D eigenvalue weighted by Crippen LogP contribution is 2.54. The first-order valence-electron chi connectivity index (χ1n) is 9.70. The highest BCUT2D eigenvalue weighted by molar-refractivity contribution is 5.94. The van der Waals surface area contributed by atoms with Crippen LogP contribution in [0, 0.1) is 5.41 Å². The van der Waals surface area contributed by atoms with E-state index in [-0.39, 0.29) is 5.91 Å². The van der Waals surface area contributed by atoms with Gasteiger partial charge in [0.2, 0.25) is 0 Å². The lowest BCUT2D eigenvalue weighted by Gasteiger charge is -2.35. The molecule has 2 aliphatic rings. The summed E-state index contributed by atoms with van der Waals surface area (Å²) < 4.78 is 0. The monoisotopic (exact) mass is 357 g/mol. The molecule has 1 atom stereocenters. The number of carbonyl (C=O) groups is 1. The average Bonchev–Trinajstić information content (AvgIpc) is 3.39. The molecule has 0 bridgehead atoms. The Bertz CT molecular complexity index is 972. The minimum Gasteiger partial charge on any atom is -0.371 e. The van der Waals surface area contributed by atoms with Crippen LogP contribution in [0.25, 0.3) is 10.9 Å². The number of amides is 1. The molecule has 1 aliphatic carbocycles. The molecule has 1 aliphatic heterocycles. The van der Waals surface area contributed by atoms with Gasteiger partial charge in [0.05, 0.1) is 5.52 Å². The number of pyridine rings is 1. The first kappa shape index (κ1) is 16.3. The van der Waals surface area contributed by atoms with Crippen molar-refractivity contribution in [3.05, 3.63) is 72.4 Å². The SMILES string of the molecule is O=C(N[C@H]1CC12CCN(c1ccnc3ccccc13)CC2)c1ccccc1. The number of anilines is 1. The highest BCUT2D eigenvalue weighted by Gasteiger charge is 2.55. The summed E-state index contributed by atoms with van der Waals surface area (Å²) in [5.74, 6) is 0.0556. The fourth-order valence-corrected chi connectivity index (χ4v) is 4.48. The summed E-state index contributed by atoms with van der Waals surface area (Å²) >= 11 is 0. The van der Waals surface area contributed by atoms with Crippen LogP contribution in [0.4, 0.5) is 5.69 Å². The lowest BCUT2D eigenvalue weighted by atomic mass is 9.92. The third-order valence-corrected chi connectivity index (χ3v) is 6.26. The van der Waals surface area contributed by atoms with Crippen molar-refractivity contribution in [2.45, 2.75) is 25.3 Å². The van der Waals surface area contributed by atoms with Crippen LogP contribution in [0.3, 0.4) is 0 Å². The average molecular weight is 357 g/mol. The Balaban J connectivity index is 1.25. The molecule has 4 nitrogen and oxygen atoms in total. The van der Waals surface area contributed by atoms with Crippen molar-refractivity contribution in [2.75, 3.05) is 18.0 Å². The fraction of sp³-hybridized carbons (Fsp3) is 0.304. The molecule has 1 aromatic heterocycles. The summed E-state index contributed by atoms with van der Waals surface area (Å²) in [6.07, 6.45) is 5.27. The van der Waals surface area contributed by atoms with Gasteiger partial charge >= 0.3 is 0 Å². The van der Waals surface area contributed by atoms with Crippen molar-refractivity contribution >= 4 is 22.5 Å². The van der Waals surface area contributed by atoms with Crippen molar-refractivity contribution in [1.29, 1.82) is 0 Å². The number of aromatic nitrogens is 1. The quantitative estimate of drug-likeness (QED) is 0.770. The van der Waals surface area contributed by atoms with Gasteiger partial charge in [0, 0.05) is 42.0 Å². The van der Waals surface area contributed by atoms with E-state index in [9.17, 15) is 4.79 Å². The number of nitrogens with one attached hydrogen (secondary N) is 1. The number of piperidine rings is 1. The van der Waals surface area contributed by atoms with Crippen LogP contribution in [0.5, 0.6) is 0 Å². The number of hydrogen-bond acceptors (Lipinski definition) is 3. The number of rotatable bonds is 3. The summed E-state index contributed by atoms with van der Waals surface area (Å²) in [5, 5.41) is 4.47. The van der Waals surface area contributed by atoms with Crippen LogP contribution in [0.15, 0.2) is 66.9 Å². The standard InChI is InChI=1S/C23H23N3O/c27-22(17-6-2-1-3-7-17)25-21-16-23(21)11-14-26(15-12-23)20-10-13-24-19-9-5-4-8-18(19)20/h1-10,13,21H,11-12,14-16H2,(H,25,27)/t21-/m0/s1. The molecule has 136 valence electrons. The molecule has 0 radical (unpaired) electrons. The first-order chi connectivity index (χ1) is 13.3. The Kier molecular flexibility index (Phi) is 3.85. The van der Waals surface area contributed by atoms with Crippen molar-refractivity contribution < 1.29 is 4.79 Å². The predicted octanol–water partition coefficient (Wildman–Crippen LogP) is 4.02. The normalized spacial score (nSPS) is 20.6. The van der Waals surface area contributed by atoms with E-state index < -0.39 is 0 Å². The zero-order chi connectivity index (χ0) is 18.3. The Morgan fingerprint density at radius 3 is 2.56 bits per heavy atom. The summed E-state index contributed by atoms with van der Waals surface area (Å²) in [5.41, 5.74) is 3.37. The first-order valence-corrected chi connectivity index (χ1v) is 9.70. The van der Waals surface area contributed by atoms with Crippen molar-refractivity contribution in [3.8, 4) is 0 Å². The van der Waals surface area contributed by atoms with E-state index in [4.69, 9.17) is 0 Å². The molecule has 2 fully saturated rings. The highest BCUT2D eigenvalue weighted by atomic mass is 16.1. The van der Waals surface area contributed by atoms with Crippen molar-refractivity contribution in [1.82, 2.24) is 10.3 Å². The van der Waals surface area contributed by atoms with E-state index >= 15 is 0 Å². The maximum absolute atomic E-state index is 12.4. The van der Waals surface area contributed by atoms with E-state index in [1.807, 2.05) is 42.6 Å². The molecule has 0 unspecified atom stereocenters.